The van der Waals surface area contributed by atoms with E-state index in [1.54, 1.807) is 0 Å². The van der Waals surface area contributed by atoms with E-state index in [1.165, 1.54) is 25.7 Å². The van der Waals surface area contributed by atoms with Gasteiger partial charge in [-0.1, -0.05) is 34.6 Å². The van der Waals surface area contributed by atoms with Gasteiger partial charge in [0.05, 0.1) is 12.5 Å². The molecule has 6 amide bonds. The molecule has 0 aromatic carbocycles. The number of aliphatic hydroxyl groups is 3. The Morgan fingerprint density at radius 2 is 1.24 bits per heavy atom. The van der Waals surface area contributed by atoms with Gasteiger partial charge in [0.25, 0.3) is 0 Å². The van der Waals surface area contributed by atoms with Crippen LogP contribution in [0.1, 0.15) is 99.3 Å². The minimum absolute atomic E-state index is 0.00922. The van der Waals surface area contributed by atoms with Gasteiger partial charge in [-0.2, -0.15) is 0 Å². The second kappa shape index (κ2) is 25.9. The fraction of sp³-hybridized carbons (Fsp3) is 0.833. The standard InChI is InChI=1S/C36H66N6O11S/c1-22(2)17-38-28(46)11-14-36(15-12-29(47)39-18-23(3)4,42-31(49)10-8-9-27(45)37-7)16-13-30(48)40-19-24(5)54-21-52-35-32(41-25(6)44)34(51)33(50)26(20-43)53-35/h22-24,26,32-35,43,50-51H,8-21H2,1-7H3,(H,37,45)(H,38,46)(H,39,47)(H,40,48)(H,41,44)(H,42,49). The summed E-state index contributed by atoms with van der Waals surface area (Å²) in [4.78, 5) is 75.5. The molecule has 0 spiro atoms. The first-order valence-electron chi connectivity index (χ1n) is 18.9. The zero-order valence-corrected chi connectivity index (χ0v) is 33.9. The lowest BCUT2D eigenvalue weighted by Gasteiger charge is -2.42. The molecule has 9 N–H and O–H groups in total. The van der Waals surface area contributed by atoms with Crippen LogP contribution in [-0.2, 0) is 38.2 Å². The minimum Gasteiger partial charge on any atom is -0.394 e. The van der Waals surface area contributed by atoms with Gasteiger partial charge in [0.2, 0.25) is 35.4 Å². The van der Waals surface area contributed by atoms with Crippen LogP contribution < -0.4 is 31.9 Å². The van der Waals surface area contributed by atoms with Gasteiger partial charge in [-0.3, -0.25) is 28.8 Å². The van der Waals surface area contributed by atoms with E-state index in [-0.39, 0.29) is 110 Å². The van der Waals surface area contributed by atoms with Crippen molar-refractivity contribution in [3.63, 3.8) is 0 Å². The lowest BCUT2D eigenvalue weighted by molar-refractivity contribution is -0.264. The Balaban J connectivity index is 2.97. The van der Waals surface area contributed by atoms with Crippen LogP contribution in [0.2, 0.25) is 0 Å². The minimum atomic E-state index is -1.44. The quantitative estimate of drug-likeness (QED) is 0.0517. The molecule has 312 valence electrons. The number of amides is 6. The van der Waals surface area contributed by atoms with E-state index in [9.17, 15) is 44.1 Å². The van der Waals surface area contributed by atoms with E-state index in [0.717, 1.165) is 0 Å². The first kappa shape index (κ1) is 49.0. The van der Waals surface area contributed by atoms with Crippen molar-refractivity contribution in [1.82, 2.24) is 31.9 Å². The maximum absolute atomic E-state index is 13.2. The van der Waals surface area contributed by atoms with Gasteiger partial charge in [0, 0.05) is 76.5 Å². The van der Waals surface area contributed by atoms with E-state index >= 15 is 0 Å². The molecule has 1 aliphatic heterocycles. The largest absolute Gasteiger partial charge is 0.394 e. The number of nitrogens with one attached hydrogen (secondary N) is 6. The van der Waals surface area contributed by atoms with Crippen LogP contribution in [0, 0.1) is 11.8 Å². The zero-order chi connectivity index (χ0) is 40.8. The van der Waals surface area contributed by atoms with Crippen molar-refractivity contribution in [3.8, 4) is 0 Å². The van der Waals surface area contributed by atoms with Crippen LogP contribution in [0.3, 0.4) is 0 Å². The summed E-state index contributed by atoms with van der Waals surface area (Å²) in [5, 5.41) is 46.8. The molecule has 54 heavy (non-hydrogen) atoms. The number of thioether (sulfide) groups is 1. The van der Waals surface area contributed by atoms with E-state index in [0.29, 0.717) is 19.5 Å². The molecular weight excluding hydrogens is 724 g/mol. The molecule has 0 aromatic rings. The summed E-state index contributed by atoms with van der Waals surface area (Å²) in [5.41, 5.74) is -1.06. The fourth-order valence-electron chi connectivity index (χ4n) is 5.57. The number of carbonyl (C=O) groups is 6. The van der Waals surface area contributed by atoms with Gasteiger partial charge in [0.15, 0.2) is 6.29 Å². The number of hydrogen-bond acceptors (Lipinski definition) is 12. The monoisotopic (exact) mass is 790 g/mol. The Hall–Kier alpha value is -3.03. The lowest BCUT2D eigenvalue weighted by Crippen LogP contribution is -2.64. The fourth-order valence-corrected chi connectivity index (χ4v) is 6.21. The van der Waals surface area contributed by atoms with Crippen molar-refractivity contribution < 1.29 is 53.6 Å². The van der Waals surface area contributed by atoms with Crippen LogP contribution in [0.4, 0.5) is 0 Å². The molecule has 1 heterocycles. The molecule has 6 unspecified atom stereocenters. The van der Waals surface area contributed by atoms with Crippen molar-refractivity contribution in [1.29, 1.82) is 0 Å². The van der Waals surface area contributed by atoms with Gasteiger partial charge in [0.1, 0.15) is 24.4 Å². The second-order valence-electron chi connectivity index (χ2n) is 14.7. The van der Waals surface area contributed by atoms with Crippen LogP contribution in [-0.4, -0.2) is 131 Å². The third-order valence-electron chi connectivity index (χ3n) is 8.82. The highest BCUT2D eigenvalue weighted by molar-refractivity contribution is 7.99. The van der Waals surface area contributed by atoms with Crippen molar-refractivity contribution in [2.45, 2.75) is 141 Å². The van der Waals surface area contributed by atoms with Crippen molar-refractivity contribution in [2.75, 3.05) is 39.2 Å². The van der Waals surface area contributed by atoms with Gasteiger partial charge >= 0.3 is 0 Å². The topological polar surface area (TPSA) is 254 Å². The van der Waals surface area contributed by atoms with Crippen molar-refractivity contribution in [2.24, 2.45) is 11.8 Å². The molecule has 18 heteroatoms. The highest BCUT2D eigenvalue weighted by Crippen LogP contribution is 2.27. The van der Waals surface area contributed by atoms with Crippen molar-refractivity contribution in [3.05, 3.63) is 0 Å². The van der Waals surface area contributed by atoms with E-state index < -0.39 is 48.7 Å². The molecular formula is C36H66N6O11S. The van der Waals surface area contributed by atoms with Crippen LogP contribution in [0.15, 0.2) is 0 Å². The summed E-state index contributed by atoms with van der Waals surface area (Å²) < 4.78 is 11.3. The molecule has 0 aliphatic carbocycles. The molecule has 17 nitrogen and oxygen atoms in total. The Labute approximate surface area is 324 Å². The average molecular weight is 791 g/mol. The van der Waals surface area contributed by atoms with Crippen LogP contribution in [0.25, 0.3) is 0 Å². The van der Waals surface area contributed by atoms with Crippen LogP contribution in [0.5, 0.6) is 0 Å². The van der Waals surface area contributed by atoms with Gasteiger partial charge in [-0.05, 0) is 37.5 Å². The third kappa shape index (κ3) is 20.0. The maximum atomic E-state index is 13.2. The molecule has 1 fully saturated rings. The molecule has 0 radical (unpaired) electrons. The summed E-state index contributed by atoms with van der Waals surface area (Å²) in [6.07, 6.45) is -3.95. The predicted octanol–water partition coefficient (Wildman–Crippen LogP) is -0.202. The maximum Gasteiger partial charge on any atom is 0.220 e. The van der Waals surface area contributed by atoms with Gasteiger partial charge in [-0.25, -0.2) is 0 Å². The molecule has 1 rings (SSSR count). The molecule has 1 saturated heterocycles. The summed E-state index contributed by atoms with van der Waals surface area (Å²) in [5.74, 6) is -1.22. The highest BCUT2D eigenvalue weighted by Gasteiger charge is 2.45. The Morgan fingerprint density at radius 3 is 1.70 bits per heavy atom. The first-order valence-corrected chi connectivity index (χ1v) is 19.9. The summed E-state index contributed by atoms with van der Waals surface area (Å²) >= 11 is 1.31. The second-order valence-corrected chi connectivity index (χ2v) is 16.1. The highest BCUT2D eigenvalue weighted by atomic mass is 32.2. The third-order valence-corrected chi connectivity index (χ3v) is 9.83. The Morgan fingerprint density at radius 1 is 0.741 bits per heavy atom. The Kier molecular flexibility index (Phi) is 23.5. The molecule has 6 atom stereocenters. The lowest BCUT2D eigenvalue weighted by atomic mass is 9.82. The van der Waals surface area contributed by atoms with Crippen LogP contribution >= 0.6 is 11.8 Å². The van der Waals surface area contributed by atoms with E-state index in [1.807, 2.05) is 34.6 Å². The number of ether oxygens (including phenoxy) is 2. The Bertz CT molecular complexity index is 1170. The normalized spacial score (nSPS) is 20.6. The molecule has 0 bridgehead atoms. The average Bonchev–Trinajstić information content (AvgIpc) is 3.11. The molecule has 0 saturated carbocycles. The number of aliphatic hydroxyl groups excluding tert-OH is 3. The summed E-state index contributed by atoms with van der Waals surface area (Å²) in [6, 6.07) is -1.07. The molecule has 0 aromatic heterocycles. The first-order chi connectivity index (χ1) is 25.4. The van der Waals surface area contributed by atoms with Gasteiger partial charge in [-0.15, -0.1) is 11.8 Å². The predicted molar refractivity (Wildman–Crippen MR) is 204 cm³/mol. The smallest absolute Gasteiger partial charge is 0.220 e. The SMILES string of the molecule is CNC(=O)CCCC(=O)NC(CCC(=O)NCC(C)C)(CCC(=O)NCC(C)C)CCC(=O)NCC(C)SCOC1OC(CO)C(O)C(O)C1NC(C)=O. The van der Waals surface area contributed by atoms with Crippen molar-refractivity contribution >= 4 is 47.2 Å². The summed E-state index contributed by atoms with van der Waals surface area (Å²) in [7, 11) is 1.52. The molecule has 1 aliphatic rings. The van der Waals surface area contributed by atoms with E-state index in [2.05, 4.69) is 31.9 Å². The summed E-state index contributed by atoms with van der Waals surface area (Å²) in [6.45, 7) is 11.6. The van der Waals surface area contributed by atoms with Gasteiger partial charge < -0.3 is 56.7 Å². The number of hydrogen-bond donors (Lipinski definition) is 9. The van der Waals surface area contributed by atoms with E-state index in [4.69, 9.17) is 9.47 Å². The number of rotatable bonds is 26. The number of carbonyl (C=O) groups excluding carboxylic acids is 6. The zero-order valence-electron chi connectivity index (χ0n) is 33.0.